The van der Waals surface area contributed by atoms with Crippen LogP contribution in [0.2, 0.25) is 0 Å². The zero-order chi connectivity index (χ0) is 18.7. The second kappa shape index (κ2) is 6.61. The van der Waals surface area contributed by atoms with E-state index < -0.39 is 0 Å². The minimum atomic E-state index is -0.0239. The van der Waals surface area contributed by atoms with Gasteiger partial charge in [0.1, 0.15) is 0 Å². The van der Waals surface area contributed by atoms with E-state index in [4.69, 9.17) is 4.99 Å². The Labute approximate surface area is 161 Å². The first-order chi connectivity index (χ1) is 12.3. The summed E-state index contributed by atoms with van der Waals surface area (Å²) in [4.78, 5) is 4.98. The van der Waals surface area contributed by atoms with Gasteiger partial charge in [-0.2, -0.15) is 0 Å². The molecule has 0 aromatic heterocycles. The van der Waals surface area contributed by atoms with E-state index in [2.05, 4.69) is 34.6 Å². The fraction of sp³-hybridized carbons (Fsp3) is 0.958. The first kappa shape index (κ1) is 19.0. The van der Waals surface area contributed by atoms with E-state index in [0.29, 0.717) is 16.9 Å². The Morgan fingerprint density at radius 2 is 1.62 bits per heavy atom. The number of hydrogen-bond donors (Lipinski definition) is 1. The number of fused-ring (bicyclic) bond motifs is 5. The quantitative estimate of drug-likeness (QED) is 0.614. The molecule has 0 unspecified atom stereocenters. The van der Waals surface area contributed by atoms with Crippen LogP contribution in [0.25, 0.3) is 0 Å². The average molecular weight is 360 g/mol. The summed E-state index contributed by atoms with van der Waals surface area (Å²) in [7, 11) is 0. The van der Waals surface area contributed by atoms with E-state index >= 15 is 0 Å². The third kappa shape index (κ3) is 2.81. The molecule has 0 bridgehead atoms. The SMILES string of the molecule is C/C(=N\C(C)C)[C@H]1CC[C@H]2[C@@H]3CC[C@H]4C[C@@H](O)CC[C@]4(C)[C@H]3CC[C@]12C. The van der Waals surface area contributed by atoms with Crippen LogP contribution in [0.1, 0.15) is 92.4 Å². The van der Waals surface area contributed by atoms with E-state index in [1.807, 2.05) is 0 Å². The lowest BCUT2D eigenvalue weighted by Crippen LogP contribution is -2.54. The number of aliphatic imine (C=N–C) groups is 1. The Kier molecular flexibility index (Phi) is 4.82. The van der Waals surface area contributed by atoms with Gasteiger partial charge in [0, 0.05) is 17.7 Å². The minimum absolute atomic E-state index is 0.0239. The van der Waals surface area contributed by atoms with Crippen LogP contribution in [0.4, 0.5) is 0 Å². The molecule has 4 aliphatic rings. The number of aliphatic hydroxyl groups excluding tert-OH is 1. The Morgan fingerprint density at radius 3 is 2.35 bits per heavy atom. The predicted octanol–water partition coefficient (Wildman–Crippen LogP) is 5.88. The lowest BCUT2D eigenvalue weighted by Gasteiger charge is -2.61. The van der Waals surface area contributed by atoms with Gasteiger partial charge in [-0.25, -0.2) is 0 Å². The van der Waals surface area contributed by atoms with Gasteiger partial charge in [0.2, 0.25) is 0 Å². The Balaban J connectivity index is 1.58. The average Bonchev–Trinajstić information content (AvgIpc) is 2.92. The summed E-state index contributed by atoms with van der Waals surface area (Å²) in [6, 6.07) is 0.428. The molecular formula is C24H41NO. The molecule has 8 atom stereocenters. The lowest BCUT2D eigenvalue weighted by atomic mass is 9.44. The van der Waals surface area contributed by atoms with Crippen LogP contribution in [-0.2, 0) is 0 Å². The van der Waals surface area contributed by atoms with Crippen LogP contribution in [0, 0.1) is 40.4 Å². The topological polar surface area (TPSA) is 32.6 Å². The highest BCUT2D eigenvalue weighted by Crippen LogP contribution is 2.67. The zero-order valence-electron chi connectivity index (χ0n) is 17.8. The summed E-state index contributed by atoms with van der Waals surface area (Å²) < 4.78 is 0. The molecule has 0 spiro atoms. The predicted molar refractivity (Wildman–Crippen MR) is 109 cm³/mol. The molecule has 2 nitrogen and oxygen atoms in total. The fourth-order valence-electron chi connectivity index (χ4n) is 8.42. The molecule has 2 heteroatoms. The van der Waals surface area contributed by atoms with Gasteiger partial charge in [0.25, 0.3) is 0 Å². The maximum atomic E-state index is 10.2. The molecule has 1 N–H and O–H groups in total. The molecule has 4 aliphatic carbocycles. The summed E-state index contributed by atoms with van der Waals surface area (Å²) in [5.41, 5.74) is 2.42. The standard InChI is InChI=1S/C24H41NO/c1-15(2)25-16(3)20-8-9-21-19-7-6-17-14-18(26)10-12-23(17,4)22(19)11-13-24(20,21)5/h15,17-22,26H,6-14H2,1-5H3/b25-16+/t17-,18-,19-,20+,21-,22-,23-,24+/m0/s1. The van der Waals surface area contributed by atoms with Crippen molar-refractivity contribution in [2.75, 3.05) is 0 Å². The molecule has 0 aromatic rings. The number of hydrogen-bond acceptors (Lipinski definition) is 2. The van der Waals surface area contributed by atoms with E-state index in [1.54, 1.807) is 0 Å². The summed E-state index contributed by atoms with van der Waals surface area (Å²) in [6.45, 7) is 12.0. The van der Waals surface area contributed by atoms with Crippen LogP contribution in [0.15, 0.2) is 4.99 Å². The van der Waals surface area contributed by atoms with Crippen LogP contribution in [-0.4, -0.2) is 23.0 Å². The second-order valence-corrected chi connectivity index (χ2v) is 11.1. The number of aliphatic hydroxyl groups is 1. The van der Waals surface area contributed by atoms with Gasteiger partial charge in [-0.05, 0) is 113 Å². The van der Waals surface area contributed by atoms with Crippen molar-refractivity contribution in [3.8, 4) is 0 Å². The highest BCUT2D eigenvalue weighted by molar-refractivity contribution is 5.85. The van der Waals surface area contributed by atoms with Crippen molar-refractivity contribution in [3.05, 3.63) is 0 Å². The van der Waals surface area contributed by atoms with Crippen molar-refractivity contribution in [1.82, 2.24) is 0 Å². The molecule has 4 fully saturated rings. The van der Waals surface area contributed by atoms with Crippen molar-refractivity contribution in [2.24, 2.45) is 45.4 Å². The van der Waals surface area contributed by atoms with Crippen molar-refractivity contribution < 1.29 is 5.11 Å². The third-order valence-corrected chi connectivity index (χ3v) is 9.60. The van der Waals surface area contributed by atoms with Crippen LogP contribution >= 0.6 is 0 Å². The van der Waals surface area contributed by atoms with E-state index in [1.165, 1.54) is 50.7 Å². The molecule has 4 rings (SSSR count). The summed E-state index contributed by atoms with van der Waals surface area (Å²) in [5.74, 6) is 4.25. The number of rotatable bonds is 2. The third-order valence-electron chi connectivity index (χ3n) is 9.60. The molecule has 0 saturated heterocycles. The molecule has 4 saturated carbocycles. The van der Waals surface area contributed by atoms with Gasteiger partial charge in [-0.1, -0.05) is 13.8 Å². The van der Waals surface area contributed by atoms with Gasteiger partial charge < -0.3 is 5.11 Å². The Morgan fingerprint density at radius 1 is 0.923 bits per heavy atom. The molecule has 0 radical (unpaired) electrons. The van der Waals surface area contributed by atoms with E-state index in [0.717, 1.165) is 42.4 Å². The Hall–Kier alpha value is -0.370. The van der Waals surface area contributed by atoms with Gasteiger partial charge in [-0.3, -0.25) is 4.99 Å². The first-order valence-electron chi connectivity index (χ1n) is 11.5. The molecule has 0 heterocycles. The Bertz CT molecular complexity index is 569. The first-order valence-corrected chi connectivity index (χ1v) is 11.5. The lowest BCUT2D eigenvalue weighted by molar-refractivity contribution is -0.123. The van der Waals surface area contributed by atoms with Crippen molar-refractivity contribution in [3.63, 3.8) is 0 Å². The van der Waals surface area contributed by atoms with Crippen LogP contribution < -0.4 is 0 Å². The fourth-order valence-corrected chi connectivity index (χ4v) is 8.42. The maximum absolute atomic E-state index is 10.2. The normalized spacial score (nSPS) is 51.7. The smallest absolute Gasteiger partial charge is 0.0543 e. The van der Waals surface area contributed by atoms with Gasteiger partial charge in [0.05, 0.1) is 6.10 Å². The summed E-state index contributed by atoms with van der Waals surface area (Å²) in [5, 5.41) is 10.2. The molecule has 0 aliphatic heterocycles. The molecule has 148 valence electrons. The largest absolute Gasteiger partial charge is 0.393 e. The monoisotopic (exact) mass is 359 g/mol. The molecule has 0 aromatic carbocycles. The second-order valence-electron chi connectivity index (χ2n) is 11.1. The minimum Gasteiger partial charge on any atom is -0.393 e. The van der Waals surface area contributed by atoms with Crippen molar-refractivity contribution in [2.45, 2.75) is 105 Å². The van der Waals surface area contributed by atoms with E-state index in [-0.39, 0.29) is 6.10 Å². The molecule has 26 heavy (non-hydrogen) atoms. The summed E-state index contributed by atoms with van der Waals surface area (Å²) in [6.07, 6.45) is 11.8. The highest BCUT2D eigenvalue weighted by atomic mass is 16.3. The van der Waals surface area contributed by atoms with E-state index in [9.17, 15) is 5.11 Å². The maximum Gasteiger partial charge on any atom is 0.0543 e. The van der Waals surface area contributed by atoms with Gasteiger partial charge >= 0.3 is 0 Å². The number of nitrogens with zero attached hydrogens (tertiary/aromatic N) is 1. The molecule has 0 amide bonds. The van der Waals surface area contributed by atoms with Crippen molar-refractivity contribution in [1.29, 1.82) is 0 Å². The zero-order valence-corrected chi connectivity index (χ0v) is 17.8. The van der Waals surface area contributed by atoms with Crippen molar-refractivity contribution >= 4 is 5.71 Å². The summed E-state index contributed by atoms with van der Waals surface area (Å²) >= 11 is 0. The highest BCUT2D eigenvalue weighted by Gasteiger charge is 2.60. The molecular weight excluding hydrogens is 318 g/mol. The van der Waals surface area contributed by atoms with Crippen LogP contribution in [0.3, 0.4) is 0 Å². The van der Waals surface area contributed by atoms with Crippen LogP contribution in [0.5, 0.6) is 0 Å². The van der Waals surface area contributed by atoms with Gasteiger partial charge in [-0.15, -0.1) is 0 Å². The van der Waals surface area contributed by atoms with Gasteiger partial charge in [0.15, 0.2) is 0 Å².